The molecule has 20 heavy (non-hydrogen) atoms. The predicted molar refractivity (Wildman–Crippen MR) is 85.0 cm³/mol. The van der Waals surface area contributed by atoms with Crippen LogP contribution in [0.25, 0.3) is 0 Å². The molecule has 0 radical (unpaired) electrons. The number of likely N-dealkylation sites (N-methyl/N-ethyl adjacent to an activating group) is 1. The molecule has 0 amide bonds. The van der Waals surface area contributed by atoms with Crippen LogP contribution >= 0.6 is 23.8 Å². The standard InChI is InChI=1S/C14H19ClFN3S/c1-2-19-7-3-4-11(19)9-17-14(20)18-10-5-6-13(16)12(15)8-10/h5-6,8,11H,2-4,7,9H2,1H3,(H2,17,18,20)/p+1/t11-/m1/s1. The Labute approximate surface area is 129 Å². The Hall–Kier alpha value is -0.910. The topological polar surface area (TPSA) is 28.5 Å². The molecule has 0 spiro atoms. The number of anilines is 1. The monoisotopic (exact) mass is 316 g/mol. The lowest BCUT2D eigenvalue weighted by Gasteiger charge is -2.21. The largest absolute Gasteiger partial charge is 0.356 e. The Morgan fingerprint density at radius 1 is 1.55 bits per heavy atom. The molecule has 2 atom stereocenters. The average Bonchev–Trinajstić information content (AvgIpc) is 2.88. The van der Waals surface area contributed by atoms with E-state index in [-0.39, 0.29) is 5.02 Å². The second kappa shape index (κ2) is 7.20. The second-order valence-corrected chi connectivity index (χ2v) is 5.88. The number of thiocarbonyl (C=S) groups is 1. The lowest BCUT2D eigenvalue weighted by molar-refractivity contribution is -0.909. The number of nitrogens with one attached hydrogen (secondary N) is 3. The minimum atomic E-state index is -0.427. The fourth-order valence-corrected chi connectivity index (χ4v) is 3.04. The minimum Gasteiger partial charge on any atom is -0.356 e. The molecule has 6 heteroatoms. The van der Waals surface area contributed by atoms with Crippen LogP contribution in [0.4, 0.5) is 10.1 Å². The number of hydrogen-bond donors (Lipinski definition) is 3. The van der Waals surface area contributed by atoms with E-state index in [1.807, 2.05) is 0 Å². The molecule has 1 aliphatic heterocycles. The van der Waals surface area contributed by atoms with Crippen LogP contribution in [0.2, 0.25) is 5.02 Å². The highest BCUT2D eigenvalue weighted by atomic mass is 35.5. The van der Waals surface area contributed by atoms with Gasteiger partial charge in [0.05, 0.1) is 24.7 Å². The molecular weight excluding hydrogens is 297 g/mol. The Morgan fingerprint density at radius 3 is 3.05 bits per heavy atom. The van der Waals surface area contributed by atoms with Gasteiger partial charge in [-0.2, -0.15) is 0 Å². The zero-order valence-electron chi connectivity index (χ0n) is 11.5. The van der Waals surface area contributed by atoms with Gasteiger partial charge in [0.2, 0.25) is 0 Å². The van der Waals surface area contributed by atoms with Crippen molar-refractivity contribution in [3.63, 3.8) is 0 Å². The molecular formula is C14H20ClFN3S+. The van der Waals surface area contributed by atoms with Crippen molar-refractivity contribution in [2.45, 2.75) is 25.8 Å². The van der Waals surface area contributed by atoms with Gasteiger partial charge in [0.15, 0.2) is 5.11 Å². The number of halogens is 2. The van der Waals surface area contributed by atoms with Gasteiger partial charge in [-0.3, -0.25) is 0 Å². The molecule has 2 rings (SSSR count). The molecule has 1 unspecified atom stereocenters. The van der Waals surface area contributed by atoms with Gasteiger partial charge in [0.25, 0.3) is 0 Å². The summed E-state index contributed by atoms with van der Waals surface area (Å²) < 4.78 is 13.1. The van der Waals surface area contributed by atoms with Crippen molar-refractivity contribution < 1.29 is 9.29 Å². The van der Waals surface area contributed by atoms with Gasteiger partial charge in [-0.05, 0) is 37.3 Å². The van der Waals surface area contributed by atoms with E-state index in [0.29, 0.717) is 16.8 Å². The zero-order chi connectivity index (χ0) is 14.5. The highest BCUT2D eigenvalue weighted by Gasteiger charge is 2.26. The summed E-state index contributed by atoms with van der Waals surface area (Å²) >= 11 is 11.0. The van der Waals surface area contributed by atoms with Crippen molar-refractivity contribution in [1.82, 2.24) is 5.32 Å². The van der Waals surface area contributed by atoms with Gasteiger partial charge in [0.1, 0.15) is 11.9 Å². The lowest BCUT2D eigenvalue weighted by atomic mass is 10.2. The number of rotatable bonds is 4. The number of hydrogen-bond acceptors (Lipinski definition) is 1. The van der Waals surface area contributed by atoms with Crippen LogP contribution in [0.5, 0.6) is 0 Å². The molecule has 0 aromatic heterocycles. The van der Waals surface area contributed by atoms with E-state index < -0.39 is 5.82 Å². The SMILES string of the molecule is CC[NH+]1CCC[C@@H]1CNC(=S)Nc1ccc(F)c(Cl)c1. The van der Waals surface area contributed by atoms with Crippen LogP contribution in [-0.4, -0.2) is 30.8 Å². The summed E-state index contributed by atoms with van der Waals surface area (Å²) in [6, 6.07) is 5.10. The summed E-state index contributed by atoms with van der Waals surface area (Å²) in [5, 5.41) is 6.90. The molecule has 0 bridgehead atoms. The minimum absolute atomic E-state index is 0.0928. The smallest absolute Gasteiger partial charge is 0.170 e. The van der Waals surface area contributed by atoms with Gasteiger partial charge < -0.3 is 15.5 Å². The summed E-state index contributed by atoms with van der Waals surface area (Å²) in [4.78, 5) is 1.63. The third kappa shape index (κ3) is 4.04. The van der Waals surface area contributed by atoms with E-state index in [9.17, 15) is 4.39 Å². The maximum atomic E-state index is 13.1. The normalized spacial score (nSPS) is 21.8. The second-order valence-electron chi connectivity index (χ2n) is 5.06. The first-order valence-corrected chi connectivity index (χ1v) is 7.73. The molecule has 1 aromatic rings. The molecule has 1 fully saturated rings. The van der Waals surface area contributed by atoms with Crippen LogP contribution in [0.15, 0.2) is 18.2 Å². The molecule has 1 heterocycles. The maximum absolute atomic E-state index is 13.1. The van der Waals surface area contributed by atoms with Crippen LogP contribution in [0, 0.1) is 5.82 Å². The van der Waals surface area contributed by atoms with E-state index in [0.717, 1.165) is 13.1 Å². The summed E-state index contributed by atoms with van der Waals surface area (Å²) in [5.41, 5.74) is 0.694. The molecule has 3 nitrogen and oxygen atoms in total. The average molecular weight is 317 g/mol. The Kier molecular flexibility index (Phi) is 5.57. The van der Waals surface area contributed by atoms with Crippen molar-refractivity contribution in [1.29, 1.82) is 0 Å². The first kappa shape index (κ1) is 15.5. The Morgan fingerprint density at radius 2 is 2.35 bits per heavy atom. The lowest BCUT2D eigenvalue weighted by Crippen LogP contribution is -3.14. The van der Waals surface area contributed by atoms with Crippen LogP contribution < -0.4 is 15.5 Å². The summed E-state index contributed by atoms with van der Waals surface area (Å²) in [7, 11) is 0. The van der Waals surface area contributed by atoms with E-state index in [2.05, 4.69) is 17.6 Å². The van der Waals surface area contributed by atoms with Crippen molar-refractivity contribution >= 4 is 34.6 Å². The number of likely N-dealkylation sites (tertiary alicyclic amines) is 1. The van der Waals surface area contributed by atoms with Gasteiger partial charge >= 0.3 is 0 Å². The molecule has 0 aliphatic carbocycles. The molecule has 1 saturated heterocycles. The van der Waals surface area contributed by atoms with E-state index in [1.165, 1.54) is 31.5 Å². The van der Waals surface area contributed by atoms with Crippen LogP contribution in [0.3, 0.4) is 0 Å². The highest BCUT2D eigenvalue weighted by molar-refractivity contribution is 7.80. The fourth-order valence-electron chi connectivity index (χ4n) is 2.66. The zero-order valence-corrected chi connectivity index (χ0v) is 13.1. The predicted octanol–water partition coefficient (Wildman–Crippen LogP) is 1.83. The number of quaternary nitrogens is 1. The van der Waals surface area contributed by atoms with Gasteiger partial charge in [-0.15, -0.1) is 0 Å². The van der Waals surface area contributed by atoms with E-state index in [1.54, 1.807) is 11.0 Å². The van der Waals surface area contributed by atoms with E-state index >= 15 is 0 Å². The fraction of sp³-hybridized carbons (Fsp3) is 0.500. The van der Waals surface area contributed by atoms with Gasteiger partial charge in [0, 0.05) is 18.5 Å². The van der Waals surface area contributed by atoms with Crippen molar-refractivity contribution in [3.05, 3.63) is 29.0 Å². The molecule has 110 valence electrons. The molecule has 1 aromatic carbocycles. The first-order valence-electron chi connectivity index (χ1n) is 6.94. The Balaban J connectivity index is 1.81. The molecule has 0 saturated carbocycles. The van der Waals surface area contributed by atoms with Crippen molar-refractivity contribution in [2.75, 3.05) is 25.0 Å². The van der Waals surface area contributed by atoms with E-state index in [4.69, 9.17) is 23.8 Å². The highest BCUT2D eigenvalue weighted by Crippen LogP contribution is 2.19. The molecule has 3 N–H and O–H groups in total. The number of benzene rings is 1. The summed E-state index contributed by atoms with van der Waals surface area (Å²) in [6.45, 7) is 5.48. The maximum Gasteiger partial charge on any atom is 0.170 e. The van der Waals surface area contributed by atoms with Crippen molar-refractivity contribution in [3.8, 4) is 0 Å². The van der Waals surface area contributed by atoms with Crippen LogP contribution in [-0.2, 0) is 0 Å². The summed E-state index contributed by atoms with van der Waals surface area (Å²) in [6.07, 6.45) is 2.52. The third-order valence-corrected chi connectivity index (χ3v) is 4.30. The quantitative estimate of drug-likeness (QED) is 0.740. The molecule has 1 aliphatic rings. The van der Waals surface area contributed by atoms with Gasteiger partial charge in [-0.25, -0.2) is 4.39 Å². The van der Waals surface area contributed by atoms with Gasteiger partial charge in [-0.1, -0.05) is 11.6 Å². The first-order chi connectivity index (χ1) is 9.60. The summed E-state index contributed by atoms with van der Waals surface area (Å²) in [5.74, 6) is -0.427. The van der Waals surface area contributed by atoms with Crippen molar-refractivity contribution in [2.24, 2.45) is 0 Å². The third-order valence-electron chi connectivity index (χ3n) is 3.77. The van der Waals surface area contributed by atoms with Crippen LogP contribution in [0.1, 0.15) is 19.8 Å². The Bertz CT molecular complexity index is 483.